The molecule has 0 radical (unpaired) electrons. The monoisotopic (exact) mass is 1340 g/mol. The fourth-order valence-corrected chi connectivity index (χ4v) is 19.0. The van der Waals surface area contributed by atoms with Gasteiger partial charge < -0.3 is 0 Å². The molecule has 0 aliphatic heterocycles. The van der Waals surface area contributed by atoms with E-state index in [1.165, 1.54) is 118 Å². The van der Waals surface area contributed by atoms with Crippen LogP contribution in [0.2, 0.25) is 0 Å². The lowest BCUT2D eigenvalue weighted by molar-refractivity contribution is 0.299. The highest BCUT2D eigenvalue weighted by Gasteiger charge is 2.48. The number of hydrogen-bond donors (Lipinski definition) is 0. The molecule has 0 atom stereocenters. The van der Waals surface area contributed by atoms with E-state index in [1.807, 2.05) is 46.9 Å². The molecule has 0 bridgehead atoms. The number of rotatable bonds is 6. The molecule has 102 heavy (non-hydrogen) atoms. The van der Waals surface area contributed by atoms with Gasteiger partial charge in [0, 0.05) is 68.0 Å². The van der Waals surface area contributed by atoms with Gasteiger partial charge in [0.15, 0.2) is 0 Å². The van der Waals surface area contributed by atoms with Crippen molar-refractivity contribution in [1.82, 2.24) is 19.9 Å². The van der Waals surface area contributed by atoms with Crippen molar-refractivity contribution in [3.63, 3.8) is 0 Å². The molecule has 6 heteroatoms. The Hall–Kier alpha value is -11.3. The van der Waals surface area contributed by atoms with Crippen LogP contribution in [-0.4, -0.2) is 19.9 Å². The Morgan fingerprint density at radius 1 is 0.235 bits per heavy atom. The van der Waals surface area contributed by atoms with Crippen LogP contribution in [0, 0.1) is 0 Å². The van der Waals surface area contributed by atoms with Crippen LogP contribution in [0.5, 0.6) is 0 Å². The van der Waals surface area contributed by atoms with Crippen molar-refractivity contribution in [2.45, 2.75) is 77.0 Å². The Bertz CT molecular complexity index is 6480. The zero-order chi connectivity index (χ0) is 69.0. The first kappa shape index (κ1) is 61.8. The van der Waals surface area contributed by atoms with E-state index in [4.69, 9.17) is 19.9 Å². The fourth-order valence-electron chi connectivity index (χ4n) is 16.8. The van der Waals surface area contributed by atoms with Crippen LogP contribution in [0.1, 0.15) is 77.6 Å². The van der Waals surface area contributed by atoms with Crippen molar-refractivity contribution in [3.05, 3.63) is 313 Å². The third-order valence-electron chi connectivity index (χ3n) is 23.6. The van der Waals surface area contributed by atoms with Crippen molar-refractivity contribution in [2.24, 2.45) is 0 Å². The Morgan fingerprint density at radius 3 is 1.23 bits per heavy atom. The lowest BCUT2D eigenvalue weighted by atomic mass is 9.54. The molecular weight excluding hydrogens is 1270 g/mol. The van der Waals surface area contributed by atoms with E-state index < -0.39 is 0 Å². The fraction of sp³-hybridized carbons (Fsp3) is 0.125. The van der Waals surface area contributed by atoms with Crippen LogP contribution in [0.15, 0.2) is 291 Å². The van der Waals surface area contributed by atoms with Crippen LogP contribution in [0.3, 0.4) is 0 Å². The zero-order valence-corrected chi connectivity index (χ0v) is 60.0. The summed E-state index contributed by atoms with van der Waals surface area (Å²) in [5, 5.41) is 10.7. The maximum absolute atomic E-state index is 5.29. The van der Waals surface area contributed by atoms with Crippen LogP contribution in [0.25, 0.3) is 173 Å². The lowest BCUT2D eigenvalue weighted by Crippen LogP contribution is -2.43. The minimum atomic E-state index is -0.139. The molecule has 18 aromatic rings. The summed E-state index contributed by atoms with van der Waals surface area (Å²) in [6.45, 7) is 19.5. The van der Waals surface area contributed by atoms with E-state index in [1.54, 1.807) is 0 Å². The summed E-state index contributed by atoms with van der Waals surface area (Å²) in [6.07, 6.45) is 0. The normalized spacial score (nSPS) is 14.6. The summed E-state index contributed by atoms with van der Waals surface area (Å²) in [4.78, 5) is 20.9. The molecule has 0 N–H and O–H groups in total. The number of hydrogen-bond acceptors (Lipinski definition) is 6. The highest BCUT2D eigenvalue weighted by molar-refractivity contribution is 7.26. The Labute approximate surface area is 602 Å². The molecule has 4 aromatic heterocycles. The topological polar surface area (TPSA) is 51.6 Å². The quantitative estimate of drug-likeness (QED) is 0.166. The molecule has 4 heterocycles. The summed E-state index contributed by atoms with van der Waals surface area (Å²) in [7, 11) is 0. The van der Waals surface area contributed by atoms with Gasteiger partial charge in [-0.25, -0.2) is 19.9 Å². The number of aromatic nitrogens is 4. The van der Waals surface area contributed by atoms with Gasteiger partial charge in [-0.3, -0.25) is 0 Å². The maximum atomic E-state index is 5.29. The lowest BCUT2D eigenvalue weighted by Gasteiger charge is -2.49. The average molecular weight is 1350 g/mol. The van der Waals surface area contributed by atoms with Gasteiger partial charge >= 0.3 is 0 Å². The number of nitrogens with zero attached hydrogens (tertiary/aromatic N) is 4. The van der Waals surface area contributed by atoms with Crippen LogP contribution in [0.4, 0.5) is 0 Å². The summed E-state index contributed by atoms with van der Waals surface area (Å²) in [6, 6.07) is 105. The highest BCUT2D eigenvalue weighted by atomic mass is 32.1. The molecular formula is C96H72N4S2. The molecule has 14 aromatic carbocycles. The number of benzene rings is 14. The summed E-state index contributed by atoms with van der Waals surface area (Å²) < 4.78 is 5.37. The zero-order valence-electron chi connectivity index (χ0n) is 58.3. The standard InChI is InChI=1S/2C48H36N2S/c1-47(2)37-27-32(33-20-24-38-39(28-33)50-46(31-16-9-6-10-17-31)45(49-38)30-14-7-5-8-15-30)19-22-35(37)36-23-26-41-43(44(36)48(47,3)4)42-34-18-12-11-13-29(34)21-25-40(42)51-41;1-47(2)38-22-19-29-13-11-12-18-34(29)44(38)37-28-43-36(27-39(37)48(47,3)4)35-25-32(21-24-42(35)51-43)33-20-23-40-41(26-33)50-46(31-16-9-6-10-17-31)45(49-40)30-14-7-5-8-15-30/h2*5-28H,1-4H3. The Balaban J connectivity index is 0.000000141. The van der Waals surface area contributed by atoms with E-state index in [0.717, 1.165) is 78.2 Å². The third kappa shape index (κ3) is 9.52. The van der Waals surface area contributed by atoms with Gasteiger partial charge in [0.2, 0.25) is 0 Å². The summed E-state index contributed by atoms with van der Waals surface area (Å²) in [5.41, 5.74) is 26.9. The van der Waals surface area contributed by atoms with Gasteiger partial charge in [0.25, 0.3) is 0 Å². The van der Waals surface area contributed by atoms with Crippen molar-refractivity contribution in [2.75, 3.05) is 0 Å². The van der Waals surface area contributed by atoms with Crippen molar-refractivity contribution in [1.29, 1.82) is 0 Å². The van der Waals surface area contributed by atoms with E-state index in [-0.39, 0.29) is 21.7 Å². The first-order valence-electron chi connectivity index (χ1n) is 35.5. The second-order valence-corrected chi connectivity index (χ2v) is 32.2. The van der Waals surface area contributed by atoms with Gasteiger partial charge in [-0.1, -0.05) is 280 Å². The first-order valence-corrected chi connectivity index (χ1v) is 37.1. The molecule has 0 amide bonds. The minimum Gasteiger partial charge on any atom is -0.244 e. The molecule has 488 valence electrons. The molecule has 0 saturated carbocycles. The first-order chi connectivity index (χ1) is 49.6. The maximum Gasteiger partial charge on any atom is 0.0973 e. The SMILES string of the molecule is CC1(C)c2cc(-c3ccc4nc(-c5ccccc5)c(-c5ccccc5)nc4c3)ccc2-c2ccc3sc4ccc5ccccc5c4c3c2C1(C)C.CC1(C)c2cc3c(cc2-c2c(ccc4ccccc24)C1(C)C)sc1ccc(-c2ccc4nc(-c5ccccc5)c(-c5ccccc5)nc4c2)cc13. The molecule has 20 rings (SSSR count). The third-order valence-corrected chi connectivity index (χ3v) is 25.9. The van der Waals surface area contributed by atoms with Crippen molar-refractivity contribution in [3.8, 4) is 89.5 Å². The molecule has 4 nitrogen and oxygen atoms in total. The van der Waals surface area contributed by atoms with Crippen LogP contribution in [-0.2, 0) is 21.7 Å². The van der Waals surface area contributed by atoms with Gasteiger partial charge in [-0.15, -0.1) is 22.7 Å². The van der Waals surface area contributed by atoms with Crippen molar-refractivity contribution < 1.29 is 0 Å². The van der Waals surface area contributed by atoms with E-state index in [2.05, 4.69) is 322 Å². The van der Waals surface area contributed by atoms with Crippen LogP contribution < -0.4 is 0 Å². The van der Waals surface area contributed by atoms with E-state index in [9.17, 15) is 0 Å². The Kier molecular flexibility index (Phi) is 14.0. The average Bonchev–Trinajstić information content (AvgIpc) is 1.22. The van der Waals surface area contributed by atoms with Gasteiger partial charge in [-0.2, -0.15) is 0 Å². The number of fused-ring (bicyclic) bond motifs is 19. The summed E-state index contributed by atoms with van der Waals surface area (Å²) >= 11 is 3.82. The second-order valence-electron chi connectivity index (χ2n) is 30.0. The molecule has 0 unspecified atom stereocenters. The second kappa shape index (κ2) is 23.1. The summed E-state index contributed by atoms with van der Waals surface area (Å²) in [5.74, 6) is 0. The van der Waals surface area contributed by atoms with E-state index >= 15 is 0 Å². The van der Waals surface area contributed by atoms with E-state index in [0.29, 0.717) is 0 Å². The molecule has 2 aliphatic carbocycles. The highest BCUT2D eigenvalue weighted by Crippen LogP contribution is 2.60. The van der Waals surface area contributed by atoms with Gasteiger partial charge in [-0.05, 0) is 171 Å². The predicted molar refractivity (Wildman–Crippen MR) is 435 cm³/mol. The molecule has 2 aliphatic rings. The molecule has 0 saturated heterocycles. The minimum absolute atomic E-state index is 0.0465. The Morgan fingerprint density at radius 2 is 0.637 bits per heavy atom. The predicted octanol–water partition coefficient (Wildman–Crippen LogP) is 26.8. The smallest absolute Gasteiger partial charge is 0.0973 e. The van der Waals surface area contributed by atoms with Gasteiger partial charge in [0.1, 0.15) is 0 Å². The van der Waals surface area contributed by atoms with Crippen LogP contribution >= 0.6 is 22.7 Å². The van der Waals surface area contributed by atoms with Gasteiger partial charge in [0.05, 0.1) is 44.8 Å². The molecule has 0 fully saturated rings. The number of thiophene rings is 2. The largest absolute Gasteiger partial charge is 0.244 e. The van der Waals surface area contributed by atoms with Crippen molar-refractivity contribution >= 4 is 107 Å². The molecule has 0 spiro atoms.